The lowest BCUT2D eigenvalue weighted by molar-refractivity contribution is 0.401. The van der Waals surface area contributed by atoms with Gasteiger partial charge < -0.3 is 15.1 Å². The number of anilines is 2. The molecule has 1 rings (SSSR count). The lowest BCUT2D eigenvalue weighted by Crippen LogP contribution is -2.24. The molecule has 0 unspecified atom stereocenters. The van der Waals surface area contributed by atoms with E-state index in [-0.39, 0.29) is 0 Å². The first-order valence-corrected chi connectivity index (χ1v) is 6.55. The highest BCUT2D eigenvalue weighted by Gasteiger charge is 2.04. The normalized spacial score (nSPS) is 10.7. The van der Waals surface area contributed by atoms with Crippen LogP contribution in [0.2, 0.25) is 0 Å². The molecule has 0 aliphatic rings. The van der Waals surface area contributed by atoms with Gasteiger partial charge in [-0.3, -0.25) is 4.98 Å². The Hall–Kier alpha value is -1.36. The predicted molar refractivity (Wildman–Crippen MR) is 77.3 cm³/mol. The first kappa shape index (κ1) is 14.7. The second-order valence-electron chi connectivity index (χ2n) is 4.77. The maximum Gasteiger partial charge on any atom is 0.149 e. The van der Waals surface area contributed by atoms with Crippen LogP contribution in [-0.4, -0.2) is 55.6 Å². The van der Waals surface area contributed by atoms with Gasteiger partial charge in [0.1, 0.15) is 11.6 Å². The molecule has 5 nitrogen and oxygen atoms in total. The fourth-order valence-corrected chi connectivity index (χ4v) is 1.62. The van der Waals surface area contributed by atoms with E-state index in [9.17, 15) is 0 Å². The Bertz CT molecular complexity index is 340. The van der Waals surface area contributed by atoms with Gasteiger partial charge in [-0.2, -0.15) is 0 Å². The zero-order valence-corrected chi connectivity index (χ0v) is 12.0. The Morgan fingerprint density at radius 2 is 1.94 bits per heavy atom. The Morgan fingerprint density at radius 1 is 1.17 bits per heavy atom. The molecule has 0 saturated carbocycles. The van der Waals surface area contributed by atoms with Crippen LogP contribution in [-0.2, 0) is 0 Å². The molecule has 1 aromatic heterocycles. The molecule has 0 amide bonds. The molecule has 1 aromatic rings. The van der Waals surface area contributed by atoms with Gasteiger partial charge in [0.2, 0.25) is 0 Å². The van der Waals surface area contributed by atoms with Gasteiger partial charge in [-0.1, -0.05) is 6.92 Å². The van der Waals surface area contributed by atoms with E-state index in [2.05, 4.69) is 53.2 Å². The quantitative estimate of drug-likeness (QED) is 0.761. The average Bonchev–Trinajstić information content (AvgIpc) is 2.36. The van der Waals surface area contributed by atoms with Gasteiger partial charge in [-0.15, -0.1) is 0 Å². The molecule has 1 heterocycles. The molecule has 0 radical (unpaired) electrons. The van der Waals surface area contributed by atoms with E-state index < -0.39 is 0 Å². The van der Waals surface area contributed by atoms with Crippen molar-refractivity contribution in [1.29, 1.82) is 0 Å². The van der Waals surface area contributed by atoms with Gasteiger partial charge in [-0.25, -0.2) is 4.98 Å². The van der Waals surface area contributed by atoms with Crippen LogP contribution in [0.15, 0.2) is 12.4 Å². The summed E-state index contributed by atoms with van der Waals surface area (Å²) >= 11 is 0. The van der Waals surface area contributed by atoms with Crippen molar-refractivity contribution in [2.45, 2.75) is 19.8 Å². The minimum atomic E-state index is 0.855. The van der Waals surface area contributed by atoms with Crippen molar-refractivity contribution >= 4 is 11.6 Å². The molecule has 102 valence electrons. The van der Waals surface area contributed by atoms with E-state index in [1.807, 2.05) is 6.20 Å². The van der Waals surface area contributed by atoms with Gasteiger partial charge in [0.15, 0.2) is 0 Å². The molecule has 0 aliphatic heterocycles. The van der Waals surface area contributed by atoms with Crippen molar-refractivity contribution in [3.8, 4) is 0 Å². The maximum absolute atomic E-state index is 4.55. The smallest absolute Gasteiger partial charge is 0.149 e. The minimum Gasteiger partial charge on any atom is -0.369 e. The van der Waals surface area contributed by atoms with Gasteiger partial charge in [0.05, 0.1) is 12.4 Å². The molecule has 18 heavy (non-hydrogen) atoms. The summed E-state index contributed by atoms with van der Waals surface area (Å²) in [7, 11) is 6.24. The highest BCUT2D eigenvalue weighted by atomic mass is 15.2. The monoisotopic (exact) mass is 251 g/mol. The van der Waals surface area contributed by atoms with E-state index >= 15 is 0 Å². The Balaban J connectivity index is 2.48. The van der Waals surface area contributed by atoms with Crippen LogP contribution in [0.3, 0.4) is 0 Å². The summed E-state index contributed by atoms with van der Waals surface area (Å²) in [5.74, 6) is 1.78. The van der Waals surface area contributed by atoms with Crippen LogP contribution in [0.5, 0.6) is 0 Å². The van der Waals surface area contributed by atoms with Crippen molar-refractivity contribution in [3.63, 3.8) is 0 Å². The molecule has 1 N–H and O–H groups in total. The van der Waals surface area contributed by atoms with E-state index in [0.29, 0.717) is 0 Å². The predicted octanol–water partition coefficient (Wildman–Crippen LogP) is 1.69. The molecule has 5 heteroatoms. The molecular weight excluding hydrogens is 226 g/mol. The van der Waals surface area contributed by atoms with E-state index in [1.165, 1.54) is 0 Å². The Kier molecular flexibility index (Phi) is 6.43. The van der Waals surface area contributed by atoms with Crippen LogP contribution < -0.4 is 10.2 Å². The van der Waals surface area contributed by atoms with Gasteiger partial charge in [0, 0.05) is 20.1 Å². The summed E-state index contributed by atoms with van der Waals surface area (Å²) in [4.78, 5) is 13.1. The van der Waals surface area contributed by atoms with Crippen molar-refractivity contribution in [1.82, 2.24) is 14.9 Å². The first-order valence-electron chi connectivity index (χ1n) is 6.55. The third kappa shape index (κ3) is 5.31. The number of hydrogen-bond acceptors (Lipinski definition) is 5. The van der Waals surface area contributed by atoms with Gasteiger partial charge >= 0.3 is 0 Å². The number of rotatable bonds is 8. The van der Waals surface area contributed by atoms with Crippen LogP contribution in [0.1, 0.15) is 19.8 Å². The lowest BCUT2D eigenvalue weighted by atomic mass is 10.3. The molecule has 0 saturated heterocycles. The fraction of sp³-hybridized carbons (Fsp3) is 0.692. The average molecular weight is 251 g/mol. The minimum absolute atomic E-state index is 0.855. The summed E-state index contributed by atoms with van der Waals surface area (Å²) in [6, 6.07) is 0. The Labute approximate surface area is 110 Å². The standard InChI is InChI=1S/C13H25N5/c1-5-7-15-12-10-14-11-13(16-12)18(4)9-6-8-17(2)3/h10-11H,5-9H2,1-4H3,(H,15,16). The van der Waals surface area contributed by atoms with Crippen molar-refractivity contribution in [2.75, 3.05) is 51.0 Å². The molecule has 0 bridgehead atoms. The third-order valence-corrected chi connectivity index (χ3v) is 2.67. The second-order valence-corrected chi connectivity index (χ2v) is 4.77. The summed E-state index contributed by atoms with van der Waals surface area (Å²) in [5.41, 5.74) is 0. The van der Waals surface area contributed by atoms with Crippen LogP contribution in [0.4, 0.5) is 11.6 Å². The number of nitrogens with zero attached hydrogens (tertiary/aromatic N) is 4. The number of hydrogen-bond donors (Lipinski definition) is 1. The van der Waals surface area contributed by atoms with Crippen molar-refractivity contribution in [2.24, 2.45) is 0 Å². The van der Waals surface area contributed by atoms with E-state index in [0.717, 1.165) is 44.1 Å². The van der Waals surface area contributed by atoms with E-state index in [1.54, 1.807) is 6.20 Å². The molecule has 0 fully saturated rings. The number of aromatic nitrogens is 2. The van der Waals surface area contributed by atoms with Crippen molar-refractivity contribution in [3.05, 3.63) is 12.4 Å². The van der Waals surface area contributed by atoms with Gasteiger partial charge in [0.25, 0.3) is 0 Å². The molecule has 0 atom stereocenters. The second kappa shape index (κ2) is 7.87. The summed E-state index contributed by atoms with van der Waals surface area (Å²) in [6.07, 6.45) is 5.79. The fourth-order valence-electron chi connectivity index (χ4n) is 1.62. The number of nitrogens with one attached hydrogen (secondary N) is 1. The van der Waals surface area contributed by atoms with Crippen LogP contribution in [0, 0.1) is 0 Å². The summed E-state index contributed by atoms with van der Waals surface area (Å²) in [5, 5.41) is 3.26. The van der Waals surface area contributed by atoms with Crippen LogP contribution >= 0.6 is 0 Å². The molecule has 0 aliphatic carbocycles. The Morgan fingerprint density at radius 3 is 2.61 bits per heavy atom. The zero-order chi connectivity index (χ0) is 13.4. The summed E-state index contributed by atoms with van der Waals surface area (Å²) < 4.78 is 0. The third-order valence-electron chi connectivity index (χ3n) is 2.67. The van der Waals surface area contributed by atoms with Gasteiger partial charge in [-0.05, 0) is 33.5 Å². The lowest BCUT2D eigenvalue weighted by Gasteiger charge is -2.19. The largest absolute Gasteiger partial charge is 0.369 e. The first-order chi connectivity index (χ1) is 8.63. The molecule has 0 aromatic carbocycles. The SMILES string of the molecule is CCCNc1cncc(N(C)CCCN(C)C)n1. The topological polar surface area (TPSA) is 44.3 Å². The summed E-state index contributed by atoms with van der Waals surface area (Å²) in [6.45, 7) is 5.15. The van der Waals surface area contributed by atoms with Crippen molar-refractivity contribution < 1.29 is 0 Å². The maximum atomic E-state index is 4.55. The highest BCUT2D eigenvalue weighted by molar-refractivity contribution is 5.43. The highest BCUT2D eigenvalue weighted by Crippen LogP contribution is 2.11. The molecular formula is C13H25N5. The van der Waals surface area contributed by atoms with Crippen LogP contribution in [0.25, 0.3) is 0 Å². The zero-order valence-electron chi connectivity index (χ0n) is 12.0. The van der Waals surface area contributed by atoms with E-state index in [4.69, 9.17) is 0 Å². The molecule has 0 spiro atoms.